The van der Waals surface area contributed by atoms with E-state index in [4.69, 9.17) is 0 Å². The van der Waals surface area contributed by atoms with Crippen LogP contribution in [0.5, 0.6) is 0 Å². The third-order valence-electron chi connectivity index (χ3n) is 6.31. The highest BCUT2D eigenvalue weighted by molar-refractivity contribution is 9.10. The summed E-state index contributed by atoms with van der Waals surface area (Å²) in [7, 11) is 0. The van der Waals surface area contributed by atoms with Crippen LogP contribution in [0.15, 0.2) is 22.7 Å². The van der Waals surface area contributed by atoms with E-state index in [1.54, 1.807) is 0 Å². The van der Waals surface area contributed by atoms with Gasteiger partial charge in [-0.1, -0.05) is 11.3 Å². The van der Waals surface area contributed by atoms with E-state index in [0.717, 1.165) is 22.8 Å². The highest BCUT2D eigenvalue weighted by atomic mass is 79.9. The molecule has 1 aromatic heterocycles. The molecule has 1 heterocycles. The minimum absolute atomic E-state index is 0.186. The number of halogens is 2. The maximum Gasteiger partial charge on any atom is 0.258 e. The summed E-state index contributed by atoms with van der Waals surface area (Å²) in [5.41, 5.74) is 0.573. The van der Waals surface area contributed by atoms with E-state index in [1.165, 1.54) is 68.1 Å². The minimum atomic E-state index is -0.381. The molecule has 0 aliphatic heterocycles. The molecule has 4 saturated carbocycles. The first-order valence-electron chi connectivity index (χ1n) is 9.11. The first-order chi connectivity index (χ1) is 12.5. The third-order valence-corrected chi connectivity index (χ3v) is 8.05. The van der Waals surface area contributed by atoms with E-state index in [9.17, 15) is 9.18 Å². The van der Waals surface area contributed by atoms with Crippen LogP contribution in [0, 0.1) is 23.6 Å². The van der Waals surface area contributed by atoms with Crippen LogP contribution in [0.3, 0.4) is 0 Å². The van der Waals surface area contributed by atoms with Gasteiger partial charge in [0, 0.05) is 9.89 Å². The Labute approximate surface area is 163 Å². The van der Waals surface area contributed by atoms with Gasteiger partial charge in [0.2, 0.25) is 5.13 Å². The lowest BCUT2D eigenvalue weighted by Gasteiger charge is -2.55. The Bertz CT molecular complexity index is 848. The molecule has 4 aliphatic rings. The van der Waals surface area contributed by atoms with E-state index in [1.807, 2.05) is 0 Å². The van der Waals surface area contributed by atoms with Gasteiger partial charge in [0.1, 0.15) is 10.8 Å². The molecular formula is C19H19BrFN3OS. The Hall–Kier alpha value is -1.34. The summed E-state index contributed by atoms with van der Waals surface area (Å²) in [5, 5.41) is 13.1. The highest BCUT2D eigenvalue weighted by Crippen LogP contribution is 2.61. The fourth-order valence-corrected chi connectivity index (χ4v) is 7.19. The molecular weight excluding hydrogens is 417 g/mol. The van der Waals surface area contributed by atoms with Crippen LogP contribution >= 0.6 is 27.3 Å². The van der Waals surface area contributed by atoms with Crippen molar-refractivity contribution in [3.05, 3.63) is 39.1 Å². The van der Waals surface area contributed by atoms with Crippen LogP contribution in [0.1, 0.15) is 53.9 Å². The summed E-state index contributed by atoms with van der Waals surface area (Å²) in [4.78, 5) is 12.5. The normalized spacial score (nSPS) is 32.0. The Morgan fingerprint density at radius 2 is 1.81 bits per heavy atom. The number of benzene rings is 1. The van der Waals surface area contributed by atoms with Crippen LogP contribution in [-0.4, -0.2) is 16.1 Å². The molecule has 4 fully saturated rings. The third kappa shape index (κ3) is 2.80. The first kappa shape index (κ1) is 16.8. The van der Waals surface area contributed by atoms with Gasteiger partial charge in [-0.25, -0.2) is 4.39 Å². The quantitative estimate of drug-likeness (QED) is 0.723. The van der Waals surface area contributed by atoms with Crippen molar-refractivity contribution in [2.45, 2.75) is 43.9 Å². The van der Waals surface area contributed by atoms with Crippen molar-refractivity contribution in [1.82, 2.24) is 10.2 Å². The molecule has 0 atom stereocenters. The number of nitrogens with one attached hydrogen (secondary N) is 1. The predicted molar refractivity (Wildman–Crippen MR) is 102 cm³/mol. The average molecular weight is 436 g/mol. The molecule has 4 bridgehead atoms. The molecule has 7 heteroatoms. The molecule has 2 aromatic rings. The maximum atomic E-state index is 13.2. The van der Waals surface area contributed by atoms with Crippen molar-refractivity contribution < 1.29 is 9.18 Å². The Balaban J connectivity index is 1.37. The zero-order valence-electron chi connectivity index (χ0n) is 14.2. The molecule has 0 saturated heterocycles. The lowest BCUT2D eigenvalue weighted by Crippen LogP contribution is -2.48. The van der Waals surface area contributed by atoms with Crippen LogP contribution in [0.25, 0.3) is 0 Å². The van der Waals surface area contributed by atoms with E-state index in [0.29, 0.717) is 15.2 Å². The van der Waals surface area contributed by atoms with Crippen molar-refractivity contribution in [3.63, 3.8) is 0 Å². The number of amides is 1. The van der Waals surface area contributed by atoms with Gasteiger partial charge < -0.3 is 0 Å². The largest absolute Gasteiger partial charge is 0.296 e. The van der Waals surface area contributed by atoms with Crippen LogP contribution < -0.4 is 5.32 Å². The summed E-state index contributed by atoms with van der Waals surface area (Å²) in [6.07, 6.45) is 7.85. The number of hydrogen-bond donors (Lipinski definition) is 1. The van der Waals surface area contributed by atoms with Crippen molar-refractivity contribution in [3.8, 4) is 0 Å². The summed E-state index contributed by atoms with van der Waals surface area (Å²) in [5.74, 6) is 1.86. The first-order valence-corrected chi connectivity index (χ1v) is 10.7. The Morgan fingerprint density at radius 1 is 1.15 bits per heavy atom. The highest BCUT2D eigenvalue weighted by Gasteiger charge is 2.53. The number of nitrogens with zero attached hydrogens (tertiary/aromatic N) is 2. The molecule has 4 nitrogen and oxygen atoms in total. The van der Waals surface area contributed by atoms with E-state index >= 15 is 0 Å². The Kier molecular flexibility index (Phi) is 3.94. The zero-order valence-corrected chi connectivity index (χ0v) is 16.6. The van der Waals surface area contributed by atoms with E-state index < -0.39 is 0 Å². The second-order valence-corrected chi connectivity index (χ2v) is 10.0. The number of carbonyl (C=O) groups excluding carboxylic acids is 1. The molecule has 6 rings (SSSR count). The van der Waals surface area contributed by atoms with Gasteiger partial charge in [-0.05, 0) is 90.4 Å². The lowest BCUT2D eigenvalue weighted by molar-refractivity contribution is -0.00555. The minimum Gasteiger partial charge on any atom is -0.296 e. The number of anilines is 1. The van der Waals surface area contributed by atoms with Gasteiger partial charge in [-0.15, -0.1) is 10.2 Å². The molecule has 136 valence electrons. The predicted octanol–water partition coefficient (Wildman–Crippen LogP) is 5.16. The van der Waals surface area contributed by atoms with Crippen LogP contribution in [-0.2, 0) is 5.41 Å². The topological polar surface area (TPSA) is 54.9 Å². The molecule has 1 aromatic carbocycles. The monoisotopic (exact) mass is 435 g/mol. The summed E-state index contributed by atoms with van der Waals surface area (Å²) >= 11 is 4.75. The molecule has 1 N–H and O–H groups in total. The molecule has 26 heavy (non-hydrogen) atoms. The van der Waals surface area contributed by atoms with Gasteiger partial charge in [0.15, 0.2) is 0 Å². The molecule has 0 unspecified atom stereocenters. The average Bonchev–Trinajstić information content (AvgIpc) is 3.02. The van der Waals surface area contributed by atoms with Crippen LogP contribution in [0.2, 0.25) is 0 Å². The van der Waals surface area contributed by atoms with Gasteiger partial charge >= 0.3 is 0 Å². The second kappa shape index (κ2) is 6.09. The van der Waals surface area contributed by atoms with E-state index in [-0.39, 0.29) is 17.1 Å². The van der Waals surface area contributed by atoms with E-state index in [2.05, 4.69) is 31.4 Å². The Morgan fingerprint density at radius 3 is 2.42 bits per heavy atom. The molecule has 0 radical (unpaired) electrons. The SMILES string of the molecule is O=C(Nc1nnc(C23CC4CC(CC(C4)C2)C3)s1)c1ccc(F)cc1Br. The van der Waals surface area contributed by atoms with Gasteiger partial charge in [0.05, 0.1) is 5.56 Å². The molecule has 1 amide bonds. The van der Waals surface area contributed by atoms with Gasteiger partial charge in [-0.2, -0.15) is 0 Å². The lowest BCUT2D eigenvalue weighted by atomic mass is 9.50. The van der Waals surface area contributed by atoms with Gasteiger partial charge in [-0.3, -0.25) is 10.1 Å². The maximum absolute atomic E-state index is 13.2. The molecule has 4 aliphatic carbocycles. The number of aromatic nitrogens is 2. The summed E-state index contributed by atoms with van der Waals surface area (Å²) in [6.45, 7) is 0. The van der Waals surface area contributed by atoms with Crippen molar-refractivity contribution >= 4 is 38.3 Å². The number of hydrogen-bond acceptors (Lipinski definition) is 4. The van der Waals surface area contributed by atoms with Crippen molar-refractivity contribution in [1.29, 1.82) is 0 Å². The smallest absolute Gasteiger partial charge is 0.258 e. The fourth-order valence-electron chi connectivity index (χ4n) is 5.70. The molecule has 0 spiro atoms. The fraction of sp³-hybridized carbons (Fsp3) is 0.526. The van der Waals surface area contributed by atoms with Crippen molar-refractivity contribution in [2.75, 3.05) is 5.32 Å². The van der Waals surface area contributed by atoms with Crippen LogP contribution in [0.4, 0.5) is 9.52 Å². The summed E-state index contributed by atoms with van der Waals surface area (Å²) in [6, 6.07) is 4.03. The zero-order chi connectivity index (χ0) is 17.9. The van der Waals surface area contributed by atoms with Gasteiger partial charge in [0.25, 0.3) is 5.91 Å². The summed E-state index contributed by atoms with van der Waals surface area (Å²) < 4.78 is 13.6. The second-order valence-electron chi connectivity index (χ2n) is 8.19. The standard InChI is InChI=1S/C19H19BrFN3OS/c20-15-6-13(21)1-2-14(15)16(25)22-18-24-23-17(26-18)19-7-10-3-11(8-19)5-12(4-10)9-19/h1-2,6,10-12H,3-5,7-9H2,(H,22,24,25). The number of rotatable bonds is 3. The number of carbonyl (C=O) groups is 1. The van der Waals surface area contributed by atoms with Crippen molar-refractivity contribution in [2.24, 2.45) is 17.8 Å².